The third-order valence-corrected chi connectivity index (χ3v) is 3.00. The lowest BCUT2D eigenvalue weighted by molar-refractivity contribution is 0.327. The van der Waals surface area contributed by atoms with E-state index in [2.05, 4.69) is 15.0 Å². The van der Waals surface area contributed by atoms with Crippen LogP contribution in [-0.4, -0.2) is 45.8 Å². The van der Waals surface area contributed by atoms with Crippen LogP contribution in [0.2, 0.25) is 0 Å². The van der Waals surface area contributed by atoms with Gasteiger partial charge in [-0.15, -0.1) is 0 Å². The van der Waals surface area contributed by atoms with Crippen molar-refractivity contribution in [2.45, 2.75) is 12.8 Å². The molecular formula is C10H19N5. The van der Waals surface area contributed by atoms with Gasteiger partial charge in [0.2, 0.25) is 0 Å². The second-order valence-electron chi connectivity index (χ2n) is 4.28. The summed E-state index contributed by atoms with van der Waals surface area (Å²) >= 11 is 0. The standard InChI is InChI=1S/C10H19N5/c1-14-8-12-10(13-14)3-5-15-4-2-9(6-11)7-15/h8-9H,2-7,11H2,1H3. The molecule has 5 heteroatoms. The monoisotopic (exact) mass is 209 g/mol. The number of likely N-dealkylation sites (tertiary alicyclic amines) is 1. The van der Waals surface area contributed by atoms with Crippen molar-refractivity contribution in [3.05, 3.63) is 12.2 Å². The topological polar surface area (TPSA) is 60.0 Å². The van der Waals surface area contributed by atoms with E-state index in [0.29, 0.717) is 5.92 Å². The third-order valence-electron chi connectivity index (χ3n) is 3.00. The van der Waals surface area contributed by atoms with Gasteiger partial charge in [-0.25, -0.2) is 4.98 Å². The van der Waals surface area contributed by atoms with E-state index in [0.717, 1.165) is 31.9 Å². The fraction of sp³-hybridized carbons (Fsp3) is 0.800. The minimum absolute atomic E-state index is 0.696. The van der Waals surface area contributed by atoms with E-state index in [4.69, 9.17) is 5.73 Å². The molecule has 84 valence electrons. The van der Waals surface area contributed by atoms with Gasteiger partial charge in [0.15, 0.2) is 5.82 Å². The molecule has 1 aliphatic rings. The number of rotatable bonds is 4. The molecule has 1 saturated heterocycles. The summed E-state index contributed by atoms with van der Waals surface area (Å²) < 4.78 is 1.75. The van der Waals surface area contributed by atoms with E-state index >= 15 is 0 Å². The second kappa shape index (κ2) is 4.72. The summed E-state index contributed by atoms with van der Waals surface area (Å²) in [4.78, 5) is 6.67. The predicted molar refractivity (Wildman–Crippen MR) is 58.3 cm³/mol. The molecule has 1 aromatic rings. The van der Waals surface area contributed by atoms with Gasteiger partial charge in [0.1, 0.15) is 6.33 Å². The van der Waals surface area contributed by atoms with Crippen LogP contribution in [0, 0.1) is 5.92 Å². The Morgan fingerprint density at radius 2 is 2.47 bits per heavy atom. The Morgan fingerprint density at radius 3 is 3.07 bits per heavy atom. The lowest BCUT2D eigenvalue weighted by atomic mass is 10.1. The predicted octanol–water partition coefficient (Wildman–Crippen LogP) is -0.362. The normalized spacial score (nSPS) is 22.4. The highest BCUT2D eigenvalue weighted by Gasteiger charge is 2.20. The molecule has 2 rings (SSSR count). The van der Waals surface area contributed by atoms with Gasteiger partial charge in [-0.05, 0) is 25.4 Å². The van der Waals surface area contributed by atoms with Crippen molar-refractivity contribution in [2.24, 2.45) is 18.7 Å². The van der Waals surface area contributed by atoms with Gasteiger partial charge in [0.05, 0.1) is 0 Å². The molecule has 2 N–H and O–H groups in total. The van der Waals surface area contributed by atoms with Gasteiger partial charge < -0.3 is 10.6 Å². The van der Waals surface area contributed by atoms with Crippen LogP contribution in [0.15, 0.2) is 6.33 Å². The van der Waals surface area contributed by atoms with Gasteiger partial charge in [-0.2, -0.15) is 5.10 Å². The maximum atomic E-state index is 5.65. The molecule has 1 aromatic heterocycles. The first-order valence-electron chi connectivity index (χ1n) is 5.55. The summed E-state index contributed by atoms with van der Waals surface area (Å²) in [5, 5.41) is 4.27. The summed E-state index contributed by atoms with van der Waals surface area (Å²) in [7, 11) is 1.90. The number of aromatic nitrogens is 3. The van der Waals surface area contributed by atoms with Crippen LogP contribution in [0.25, 0.3) is 0 Å². The molecule has 0 radical (unpaired) electrons. The number of hydrogen-bond acceptors (Lipinski definition) is 4. The third kappa shape index (κ3) is 2.76. The fourth-order valence-corrected chi connectivity index (χ4v) is 2.06. The summed E-state index contributed by atoms with van der Waals surface area (Å²) in [5.41, 5.74) is 5.65. The Labute approximate surface area is 90.3 Å². The smallest absolute Gasteiger partial charge is 0.151 e. The number of nitrogens with two attached hydrogens (primary N) is 1. The Bertz CT molecular complexity index is 309. The van der Waals surface area contributed by atoms with Crippen LogP contribution < -0.4 is 5.73 Å². The Balaban J connectivity index is 1.75. The zero-order valence-corrected chi connectivity index (χ0v) is 9.26. The van der Waals surface area contributed by atoms with Gasteiger partial charge in [0.25, 0.3) is 0 Å². The van der Waals surface area contributed by atoms with E-state index in [1.54, 1.807) is 11.0 Å². The molecule has 0 aromatic carbocycles. The van der Waals surface area contributed by atoms with Crippen molar-refractivity contribution >= 4 is 0 Å². The van der Waals surface area contributed by atoms with Crippen LogP contribution in [0.4, 0.5) is 0 Å². The molecule has 0 amide bonds. The Kier molecular flexibility index (Phi) is 3.33. The molecule has 5 nitrogen and oxygen atoms in total. The molecule has 0 spiro atoms. The van der Waals surface area contributed by atoms with Crippen molar-refractivity contribution in [1.29, 1.82) is 0 Å². The first-order valence-corrected chi connectivity index (χ1v) is 5.55. The lowest BCUT2D eigenvalue weighted by Gasteiger charge is -2.13. The quantitative estimate of drug-likeness (QED) is 0.735. The van der Waals surface area contributed by atoms with Crippen molar-refractivity contribution in [3.8, 4) is 0 Å². The average molecular weight is 209 g/mol. The van der Waals surface area contributed by atoms with Crippen molar-refractivity contribution in [1.82, 2.24) is 19.7 Å². The van der Waals surface area contributed by atoms with Crippen molar-refractivity contribution in [3.63, 3.8) is 0 Å². The Morgan fingerprint density at radius 1 is 1.60 bits per heavy atom. The number of hydrogen-bond donors (Lipinski definition) is 1. The highest BCUT2D eigenvalue weighted by molar-refractivity contribution is 4.84. The first-order chi connectivity index (χ1) is 7.28. The molecule has 0 aliphatic carbocycles. The zero-order chi connectivity index (χ0) is 10.7. The SMILES string of the molecule is Cn1cnc(CCN2CCC(CN)C2)n1. The van der Waals surface area contributed by atoms with Gasteiger partial charge in [-0.1, -0.05) is 0 Å². The molecule has 1 atom stereocenters. The maximum Gasteiger partial charge on any atom is 0.151 e. The second-order valence-corrected chi connectivity index (χ2v) is 4.28. The molecule has 1 fully saturated rings. The van der Waals surface area contributed by atoms with Crippen molar-refractivity contribution in [2.75, 3.05) is 26.2 Å². The van der Waals surface area contributed by atoms with Crippen LogP contribution in [0.5, 0.6) is 0 Å². The van der Waals surface area contributed by atoms with Gasteiger partial charge in [-0.3, -0.25) is 4.68 Å². The van der Waals surface area contributed by atoms with Gasteiger partial charge in [0, 0.05) is 26.6 Å². The van der Waals surface area contributed by atoms with Crippen LogP contribution in [-0.2, 0) is 13.5 Å². The molecular weight excluding hydrogens is 190 g/mol. The molecule has 1 unspecified atom stereocenters. The van der Waals surface area contributed by atoms with Gasteiger partial charge >= 0.3 is 0 Å². The average Bonchev–Trinajstić information content (AvgIpc) is 2.83. The van der Waals surface area contributed by atoms with E-state index in [1.165, 1.54) is 13.0 Å². The largest absolute Gasteiger partial charge is 0.330 e. The molecule has 2 heterocycles. The number of aryl methyl sites for hydroxylation is 1. The van der Waals surface area contributed by atoms with E-state index < -0.39 is 0 Å². The molecule has 0 bridgehead atoms. The molecule has 1 aliphatic heterocycles. The minimum Gasteiger partial charge on any atom is -0.330 e. The molecule has 15 heavy (non-hydrogen) atoms. The summed E-state index contributed by atoms with van der Waals surface area (Å²) in [6.07, 6.45) is 3.94. The number of nitrogens with zero attached hydrogens (tertiary/aromatic N) is 4. The summed E-state index contributed by atoms with van der Waals surface area (Å²) in [6.45, 7) is 4.19. The first kappa shape index (κ1) is 10.6. The minimum atomic E-state index is 0.696. The van der Waals surface area contributed by atoms with Crippen molar-refractivity contribution < 1.29 is 0 Å². The Hall–Kier alpha value is -0.940. The van der Waals surface area contributed by atoms with E-state index in [-0.39, 0.29) is 0 Å². The van der Waals surface area contributed by atoms with E-state index in [1.807, 2.05) is 7.05 Å². The fourth-order valence-electron chi connectivity index (χ4n) is 2.06. The van der Waals surface area contributed by atoms with Crippen LogP contribution in [0.1, 0.15) is 12.2 Å². The molecule has 0 saturated carbocycles. The highest BCUT2D eigenvalue weighted by Crippen LogP contribution is 2.14. The lowest BCUT2D eigenvalue weighted by Crippen LogP contribution is -2.25. The summed E-state index contributed by atoms with van der Waals surface area (Å²) in [5.74, 6) is 1.63. The maximum absolute atomic E-state index is 5.65. The van der Waals surface area contributed by atoms with Crippen LogP contribution >= 0.6 is 0 Å². The zero-order valence-electron chi connectivity index (χ0n) is 9.26. The van der Waals surface area contributed by atoms with E-state index in [9.17, 15) is 0 Å². The van der Waals surface area contributed by atoms with Crippen LogP contribution in [0.3, 0.4) is 0 Å². The summed E-state index contributed by atoms with van der Waals surface area (Å²) in [6, 6.07) is 0. The highest BCUT2D eigenvalue weighted by atomic mass is 15.3.